The van der Waals surface area contributed by atoms with Gasteiger partial charge in [0.1, 0.15) is 5.82 Å². The Kier molecular flexibility index (Phi) is 5.74. The smallest absolute Gasteiger partial charge is 0.254 e. The van der Waals surface area contributed by atoms with E-state index in [1.807, 2.05) is 13.8 Å². The summed E-state index contributed by atoms with van der Waals surface area (Å²) in [5, 5.41) is 16.1. The summed E-state index contributed by atoms with van der Waals surface area (Å²) in [6.45, 7) is 5.88. The van der Waals surface area contributed by atoms with Crippen LogP contribution >= 0.6 is 0 Å². The van der Waals surface area contributed by atoms with Crippen LogP contribution in [-0.2, 0) is 9.59 Å². The van der Waals surface area contributed by atoms with Crippen molar-refractivity contribution in [2.45, 2.75) is 39.5 Å². The molecule has 1 aliphatic carbocycles. The van der Waals surface area contributed by atoms with E-state index in [0.717, 1.165) is 5.70 Å². The molecule has 3 N–H and O–H groups in total. The molecule has 0 aromatic heterocycles. The van der Waals surface area contributed by atoms with Crippen LogP contribution in [0.15, 0.2) is 65.0 Å². The Morgan fingerprint density at radius 1 is 1.21 bits per heavy atom. The largest absolute Gasteiger partial charge is 0.504 e. The second-order valence-electron chi connectivity index (χ2n) is 9.33. The highest BCUT2D eigenvalue weighted by Crippen LogP contribution is 2.47. The molecule has 0 saturated carbocycles. The number of carbonyl (C=O) groups excluding carboxylic acids is 2. The maximum absolute atomic E-state index is 13.7. The van der Waals surface area contributed by atoms with Gasteiger partial charge in [-0.05, 0) is 54.7 Å². The SMILES string of the molecule is COc1cc([C@H]2C(C(=O)Nc3cccc(F)c3)=C(C)NC3=C2C(=O)CC(C)(C)C3)ccc1O. The molecule has 1 amide bonds. The number of methoxy groups -OCH3 is 1. The second kappa shape index (κ2) is 8.39. The number of allylic oxidation sites excluding steroid dienone is 3. The van der Waals surface area contributed by atoms with Gasteiger partial charge in [0.2, 0.25) is 0 Å². The van der Waals surface area contributed by atoms with Crippen LogP contribution in [0.5, 0.6) is 11.5 Å². The first kappa shape index (κ1) is 22.6. The third-order valence-corrected chi connectivity index (χ3v) is 6.10. The van der Waals surface area contributed by atoms with Crippen LogP contribution in [0.1, 0.15) is 45.1 Å². The Morgan fingerprint density at radius 3 is 2.67 bits per heavy atom. The van der Waals surface area contributed by atoms with Crippen LogP contribution in [0.4, 0.5) is 10.1 Å². The van der Waals surface area contributed by atoms with E-state index in [1.165, 1.54) is 31.4 Å². The molecule has 0 saturated heterocycles. The number of carbonyl (C=O) groups is 2. The van der Waals surface area contributed by atoms with Gasteiger partial charge in [-0.1, -0.05) is 26.0 Å². The summed E-state index contributed by atoms with van der Waals surface area (Å²) in [5.74, 6) is -1.38. The maximum Gasteiger partial charge on any atom is 0.254 e. The zero-order valence-electron chi connectivity index (χ0n) is 19.1. The number of ketones is 1. The van der Waals surface area contributed by atoms with Crippen molar-refractivity contribution in [2.75, 3.05) is 12.4 Å². The van der Waals surface area contributed by atoms with Crippen molar-refractivity contribution in [3.63, 3.8) is 0 Å². The van der Waals surface area contributed by atoms with Crippen LogP contribution in [0.25, 0.3) is 0 Å². The van der Waals surface area contributed by atoms with Crippen molar-refractivity contribution in [1.29, 1.82) is 0 Å². The highest BCUT2D eigenvalue weighted by molar-refractivity contribution is 6.10. The van der Waals surface area contributed by atoms with E-state index in [2.05, 4.69) is 10.6 Å². The number of dihydropyridines is 1. The van der Waals surface area contributed by atoms with Crippen molar-refractivity contribution >= 4 is 17.4 Å². The average molecular weight is 451 g/mol. The Labute approximate surface area is 192 Å². The van der Waals surface area contributed by atoms with E-state index in [4.69, 9.17) is 4.74 Å². The Hall–Kier alpha value is -3.61. The number of aromatic hydroxyl groups is 1. The summed E-state index contributed by atoms with van der Waals surface area (Å²) in [7, 11) is 1.44. The minimum atomic E-state index is -0.659. The molecule has 2 aliphatic rings. The number of amides is 1. The maximum atomic E-state index is 13.7. The molecule has 4 rings (SSSR count). The molecule has 1 atom stereocenters. The normalized spacial score (nSPS) is 19.7. The molecular formula is C26H27FN2O4. The summed E-state index contributed by atoms with van der Waals surface area (Å²) in [4.78, 5) is 26.8. The summed E-state index contributed by atoms with van der Waals surface area (Å²) < 4.78 is 19.0. The lowest BCUT2D eigenvalue weighted by Crippen LogP contribution is -2.39. The average Bonchev–Trinajstić information content (AvgIpc) is 2.72. The molecule has 1 aliphatic heterocycles. The van der Waals surface area contributed by atoms with Crippen LogP contribution < -0.4 is 15.4 Å². The molecule has 2 aromatic carbocycles. The van der Waals surface area contributed by atoms with Gasteiger partial charge in [-0.3, -0.25) is 9.59 Å². The Bertz CT molecular complexity index is 1210. The van der Waals surface area contributed by atoms with E-state index >= 15 is 0 Å². The first-order chi connectivity index (χ1) is 15.6. The van der Waals surface area contributed by atoms with Gasteiger partial charge in [-0.15, -0.1) is 0 Å². The number of hydrogen-bond donors (Lipinski definition) is 3. The lowest BCUT2D eigenvalue weighted by molar-refractivity contribution is -0.118. The molecule has 0 bridgehead atoms. The molecule has 7 heteroatoms. The zero-order chi connectivity index (χ0) is 23.9. The quantitative estimate of drug-likeness (QED) is 0.624. The van der Waals surface area contributed by atoms with Gasteiger partial charge in [-0.2, -0.15) is 0 Å². The van der Waals surface area contributed by atoms with Crippen molar-refractivity contribution in [3.8, 4) is 11.5 Å². The molecule has 33 heavy (non-hydrogen) atoms. The number of phenols is 1. The third-order valence-electron chi connectivity index (χ3n) is 6.10. The van der Waals surface area contributed by atoms with Crippen LogP contribution in [0.2, 0.25) is 0 Å². The van der Waals surface area contributed by atoms with E-state index in [9.17, 15) is 19.1 Å². The number of benzene rings is 2. The molecular weight excluding hydrogens is 423 g/mol. The van der Waals surface area contributed by atoms with E-state index < -0.39 is 17.6 Å². The molecule has 1 heterocycles. The van der Waals surface area contributed by atoms with E-state index in [0.29, 0.717) is 40.9 Å². The van der Waals surface area contributed by atoms with Gasteiger partial charge >= 0.3 is 0 Å². The predicted octanol–water partition coefficient (Wildman–Crippen LogP) is 4.78. The van der Waals surface area contributed by atoms with Crippen molar-refractivity contribution in [3.05, 3.63) is 76.4 Å². The standard InChI is InChI=1S/C26H27FN2O4/c1-14-22(25(32)29-17-7-5-6-16(27)11-17)23(15-8-9-19(30)21(10-15)33-4)24-18(28-14)12-26(2,3)13-20(24)31/h5-11,23,28,30H,12-13H2,1-4H3,(H,29,32)/t23-/m0/s1. The molecule has 172 valence electrons. The highest BCUT2D eigenvalue weighted by atomic mass is 19.1. The lowest BCUT2D eigenvalue weighted by atomic mass is 9.68. The molecule has 2 aromatic rings. The molecule has 0 unspecified atom stereocenters. The number of nitrogens with one attached hydrogen (secondary N) is 2. The second-order valence-corrected chi connectivity index (χ2v) is 9.33. The number of phenolic OH excluding ortho intramolecular Hbond substituents is 1. The minimum Gasteiger partial charge on any atom is -0.504 e. The van der Waals surface area contributed by atoms with Gasteiger partial charge in [0.25, 0.3) is 5.91 Å². The van der Waals surface area contributed by atoms with E-state index in [-0.39, 0.29) is 22.7 Å². The Morgan fingerprint density at radius 2 is 1.97 bits per heavy atom. The fraction of sp³-hybridized carbons (Fsp3) is 0.308. The van der Waals surface area contributed by atoms with Crippen molar-refractivity contribution in [1.82, 2.24) is 5.32 Å². The van der Waals surface area contributed by atoms with Crippen LogP contribution in [0.3, 0.4) is 0 Å². The fourth-order valence-corrected chi connectivity index (χ4v) is 4.71. The highest BCUT2D eigenvalue weighted by Gasteiger charge is 2.42. The van der Waals surface area contributed by atoms with Gasteiger partial charge in [-0.25, -0.2) is 4.39 Å². The lowest BCUT2D eigenvalue weighted by Gasteiger charge is -2.39. The van der Waals surface area contributed by atoms with Gasteiger partial charge in [0, 0.05) is 40.6 Å². The number of anilines is 1. The predicted molar refractivity (Wildman–Crippen MR) is 123 cm³/mol. The topological polar surface area (TPSA) is 87.7 Å². The van der Waals surface area contributed by atoms with Gasteiger partial charge in [0.15, 0.2) is 17.3 Å². The summed E-state index contributed by atoms with van der Waals surface area (Å²) >= 11 is 0. The number of rotatable bonds is 4. The molecule has 0 fully saturated rings. The third kappa shape index (κ3) is 4.35. The molecule has 0 radical (unpaired) electrons. The van der Waals surface area contributed by atoms with Crippen molar-refractivity contribution in [2.24, 2.45) is 5.41 Å². The Balaban J connectivity index is 1.84. The monoisotopic (exact) mass is 450 g/mol. The number of Topliss-reactive ketones (excluding diaryl/α,β-unsaturated/α-hetero) is 1. The zero-order valence-corrected chi connectivity index (χ0v) is 19.1. The molecule has 6 nitrogen and oxygen atoms in total. The summed E-state index contributed by atoms with van der Waals surface area (Å²) in [6.07, 6.45) is 1.02. The number of ether oxygens (including phenoxy) is 1. The van der Waals surface area contributed by atoms with Gasteiger partial charge in [0.05, 0.1) is 7.11 Å². The number of halogens is 1. The minimum absolute atomic E-state index is 0.0330. The van der Waals surface area contributed by atoms with Crippen LogP contribution in [-0.4, -0.2) is 23.9 Å². The fourth-order valence-electron chi connectivity index (χ4n) is 4.71. The first-order valence-electron chi connectivity index (χ1n) is 10.8. The summed E-state index contributed by atoms with van der Waals surface area (Å²) in [6, 6.07) is 10.5. The first-order valence-corrected chi connectivity index (χ1v) is 10.8. The van der Waals surface area contributed by atoms with Crippen molar-refractivity contribution < 1.29 is 23.8 Å². The van der Waals surface area contributed by atoms with Gasteiger partial charge < -0.3 is 20.5 Å². The van der Waals surface area contributed by atoms with E-state index in [1.54, 1.807) is 25.1 Å². The number of hydrogen-bond acceptors (Lipinski definition) is 5. The van der Waals surface area contributed by atoms with Crippen LogP contribution in [0, 0.1) is 11.2 Å². The summed E-state index contributed by atoms with van der Waals surface area (Å²) in [5.41, 5.74) is 3.07. The molecule has 0 spiro atoms.